The van der Waals surface area contributed by atoms with Crippen molar-refractivity contribution in [2.24, 2.45) is 0 Å². The first-order valence-electron chi connectivity index (χ1n) is 8.35. The molecule has 0 atom stereocenters. The van der Waals surface area contributed by atoms with Gasteiger partial charge in [-0.2, -0.15) is 0 Å². The van der Waals surface area contributed by atoms with Crippen molar-refractivity contribution >= 4 is 29.0 Å². The van der Waals surface area contributed by atoms with Crippen LogP contribution in [-0.2, 0) is 9.09 Å². The molecule has 0 amide bonds. The molecule has 0 heterocycles. The molecule has 0 saturated carbocycles. The molecule has 0 rings (SSSR count). The van der Waals surface area contributed by atoms with Crippen molar-refractivity contribution in [3.8, 4) is 0 Å². The Morgan fingerprint density at radius 1 is 0.810 bits per heavy atom. The molecule has 0 aliphatic carbocycles. The van der Waals surface area contributed by atoms with E-state index in [1.54, 1.807) is 8.87 Å². The second kappa shape index (κ2) is 19.0. The Labute approximate surface area is 141 Å². The van der Waals surface area contributed by atoms with Crippen LogP contribution in [0.15, 0.2) is 0 Å². The van der Waals surface area contributed by atoms with Gasteiger partial charge in [0.2, 0.25) is 0 Å². The van der Waals surface area contributed by atoms with Crippen molar-refractivity contribution in [1.29, 1.82) is 0 Å². The van der Waals surface area contributed by atoms with E-state index in [1.165, 1.54) is 25.7 Å². The van der Waals surface area contributed by atoms with Gasteiger partial charge >= 0.3 is 69.5 Å². The van der Waals surface area contributed by atoms with Gasteiger partial charge in [0.15, 0.2) is 0 Å². The number of rotatable bonds is 13. The normalized spacial score (nSPS) is 10.7. The summed E-state index contributed by atoms with van der Waals surface area (Å²) in [6.45, 7) is 6.71. The van der Waals surface area contributed by atoms with Crippen LogP contribution in [0.2, 0.25) is 8.87 Å². The third-order valence-electron chi connectivity index (χ3n) is 2.91. The summed E-state index contributed by atoms with van der Waals surface area (Å²) in [5, 5.41) is 0. The van der Waals surface area contributed by atoms with E-state index in [1.807, 2.05) is 0 Å². The zero-order chi connectivity index (χ0) is 16.4. The molecular formula is C15H33O4PSn. The molecule has 0 aliphatic heterocycles. The quantitative estimate of drug-likeness (QED) is 0.254. The molecule has 0 aromatic rings. The van der Waals surface area contributed by atoms with E-state index in [2.05, 4.69) is 25.3 Å². The van der Waals surface area contributed by atoms with E-state index in [-0.39, 0.29) is 27.7 Å². The van der Waals surface area contributed by atoms with Crippen molar-refractivity contribution < 1.29 is 18.9 Å². The number of phosphoric ester groups is 1. The molecule has 0 aromatic heterocycles. The van der Waals surface area contributed by atoms with E-state index < -0.39 is 7.82 Å². The summed E-state index contributed by atoms with van der Waals surface area (Å²) in [6, 6.07) is 0. The van der Waals surface area contributed by atoms with Crippen molar-refractivity contribution in [1.82, 2.24) is 0 Å². The molecule has 0 aromatic carbocycles. The van der Waals surface area contributed by atoms with E-state index in [0.717, 1.165) is 25.7 Å². The van der Waals surface area contributed by atoms with Crippen molar-refractivity contribution in [2.45, 2.75) is 87.4 Å². The predicted molar refractivity (Wildman–Crippen MR) is 87.5 cm³/mol. The summed E-state index contributed by atoms with van der Waals surface area (Å²) in [4.78, 5) is 19.9. The summed E-state index contributed by atoms with van der Waals surface area (Å²) in [6.07, 6.45) is 10.8. The Bertz CT molecular complexity index is 228. The number of hydrogen-bond acceptors (Lipinski definition) is 4. The Morgan fingerprint density at radius 2 is 1.29 bits per heavy atom. The van der Waals surface area contributed by atoms with Crippen LogP contribution in [0.1, 0.15) is 78.6 Å². The first-order valence-corrected chi connectivity index (χ1v) is 13.8. The van der Waals surface area contributed by atoms with Gasteiger partial charge in [0, 0.05) is 0 Å². The summed E-state index contributed by atoms with van der Waals surface area (Å²) in [5.74, 6) is 0. The molecule has 6 heteroatoms. The van der Waals surface area contributed by atoms with Gasteiger partial charge in [0.05, 0.1) is 14.4 Å². The van der Waals surface area contributed by atoms with Gasteiger partial charge in [-0.25, -0.2) is 0 Å². The zero-order valence-corrected chi connectivity index (χ0v) is 17.8. The van der Waals surface area contributed by atoms with Crippen molar-refractivity contribution in [3.63, 3.8) is 0 Å². The molecule has 0 N–H and O–H groups in total. The van der Waals surface area contributed by atoms with Gasteiger partial charge < -0.3 is 18.9 Å². The summed E-state index contributed by atoms with van der Waals surface area (Å²) < 4.78 is 17.3. The van der Waals surface area contributed by atoms with Gasteiger partial charge in [-0.15, -0.1) is 0 Å². The van der Waals surface area contributed by atoms with Crippen molar-refractivity contribution in [3.05, 3.63) is 0 Å². The Hall–Kier alpha value is 0.909. The van der Waals surface area contributed by atoms with E-state index >= 15 is 0 Å². The number of unbranched alkanes of at least 4 members (excludes halogenated alkanes) is 6. The number of phosphoric acid groups is 1. The number of hydrogen-bond donors (Lipinski definition) is 0. The van der Waals surface area contributed by atoms with Gasteiger partial charge in [-0.05, 0) is 6.42 Å². The summed E-state index contributed by atoms with van der Waals surface area (Å²) in [7, 11) is -4.72. The fraction of sp³-hybridized carbons (Fsp3) is 1.00. The van der Waals surface area contributed by atoms with E-state index in [9.17, 15) is 14.4 Å². The monoisotopic (exact) mass is 428 g/mol. The maximum absolute atomic E-state index is 9.97. The molecule has 0 radical (unpaired) electrons. The van der Waals surface area contributed by atoms with Crippen molar-refractivity contribution in [2.75, 3.05) is 6.61 Å². The standard InChI is InChI=1S/C7H17O4P.2C4H9.Sn/c1-2-3-4-5-6-7-11-12(8,9)10;2*1-3-4-2;/h2-7H2,1H3,(H2,8,9,10);2*1,3-4H2,2H3;/q;;;+2/p-2. The fourth-order valence-corrected chi connectivity index (χ4v) is 6.12. The van der Waals surface area contributed by atoms with Crippen LogP contribution in [0.3, 0.4) is 0 Å². The summed E-state index contributed by atoms with van der Waals surface area (Å²) >= 11 is 0.149. The second-order valence-electron chi connectivity index (χ2n) is 5.15. The molecular weight excluding hydrogens is 394 g/mol. The first kappa shape index (κ1) is 24.2. The Morgan fingerprint density at radius 3 is 1.71 bits per heavy atom. The van der Waals surface area contributed by atoms with Gasteiger partial charge in [0.1, 0.15) is 0 Å². The molecule has 0 bridgehead atoms. The van der Waals surface area contributed by atoms with Gasteiger partial charge in [0.25, 0.3) is 0 Å². The van der Waals surface area contributed by atoms with Crippen LogP contribution >= 0.6 is 7.82 Å². The van der Waals surface area contributed by atoms with Crippen LogP contribution in [-0.4, -0.2) is 27.7 Å². The zero-order valence-electron chi connectivity index (χ0n) is 14.1. The molecule has 21 heavy (non-hydrogen) atoms. The minimum absolute atomic E-state index is 0.0357. The van der Waals surface area contributed by atoms with E-state index in [4.69, 9.17) is 0 Å². The van der Waals surface area contributed by atoms with Gasteiger partial charge in [-0.3, -0.25) is 0 Å². The molecule has 126 valence electrons. The molecule has 0 saturated heterocycles. The van der Waals surface area contributed by atoms with Crippen LogP contribution in [0.4, 0.5) is 0 Å². The van der Waals surface area contributed by atoms with Gasteiger partial charge in [-0.1, -0.05) is 32.6 Å². The average Bonchev–Trinajstić information content (AvgIpc) is 2.42. The predicted octanol–water partition coefficient (Wildman–Crippen LogP) is 3.93. The first-order chi connectivity index (χ1) is 9.97. The van der Waals surface area contributed by atoms with E-state index in [0.29, 0.717) is 6.42 Å². The minimum atomic E-state index is -4.72. The molecule has 0 spiro atoms. The Kier molecular flexibility index (Phi) is 21.8. The topological polar surface area (TPSA) is 72.4 Å². The van der Waals surface area contributed by atoms with Crippen LogP contribution in [0.25, 0.3) is 0 Å². The molecule has 0 aliphatic rings. The van der Waals surface area contributed by atoms with Crippen LogP contribution in [0, 0.1) is 0 Å². The van der Waals surface area contributed by atoms with Crippen LogP contribution < -0.4 is 9.79 Å². The average molecular weight is 427 g/mol. The Balaban J connectivity index is 0. The third-order valence-corrected chi connectivity index (χ3v) is 7.45. The molecule has 0 fully saturated rings. The second-order valence-corrected chi connectivity index (χ2v) is 10.6. The van der Waals surface area contributed by atoms with Crippen LogP contribution in [0.5, 0.6) is 0 Å². The SMILES string of the molecule is CCCCCCCOP(=O)([O-])[O-].CCC[CH2][Sn+2][CH2]CCC. The molecule has 4 nitrogen and oxygen atoms in total. The third kappa shape index (κ3) is 29.5. The summed E-state index contributed by atoms with van der Waals surface area (Å²) in [5.41, 5.74) is 0. The molecule has 0 unspecified atom stereocenters. The fourth-order valence-electron chi connectivity index (χ4n) is 1.61. The maximum atomic E-state index is 9.97.